The predicted molar refractivity (Wildman–Crippen MR) is 78.8 cm³/mol. The van der Waals surface area contributed by atoms with E-state index in [4.69, 9.17) is 9.26 Å². The molecule has 1 aliphatic rings. The van der Waals surface area contributed by atoms with Crippen molar-refractivity contribution in [2.45, 2.75) is 32.4 Å². The van der Waals surface area contributed by atoms with Crippen molar-refractivity contribution in [2.24, 2.45) is 0 Å². The predicted octanol–water partition coefficient (Wildman–Crippen LogP) is 2.91. The number of hydrogen-bond acceptors (Lipinski definition) is 5. The van der Waals surface area contributed by atoms with Crippen LogP contribution in [0, 0.1) is 5.82 Å². The van der Waals surface area contributed by atoms with Crippen molar-refractivity contribution in [3.8, 4) is 0 Å². The summed E-state index contributed by atoms with van der Waals surface area (Å²) < 4.78 is 24.2. The largest absolute Gasteiger partial charge is 0.371 e. The van der Waals surface area contributed by atoms with Gasteiger partial charge < -0.3 is 9.26 Å². The molecular weight excluding hydrogens is 285 g/mol. The van der Waals surface area contributed by atoms with Gasteiger partial charge in [0.05, 0.1) is 18.8 Å². The normalized spacial score (nSPS) is 21.0. The van der Waals surface area contributed by atoms with Crippen LogP contribution in [0.1, 0.15) is 43.3 Å². The average Bonchev–Trinajstić information content (AvgIpc) is 3.04. The zero-order valence-corrected chi connectivity index (χ0v) is 12.8. The Morgan fingerprint density at radius 1 is 1.36 bits per heavy atom. The van der Waals surface area contributed by atoms with E-state index in [1.54, 1.807) is 12.1 Å². The lowest BCUT2D eigenvalue weighted by Crippen LogP contribution is -2.40. The topological polar surface area (TPSA) is 51.4 Å². The van der Waals surface area contributed by atoms with Crippen molar-refractivity contribution in [2.75, 3.05) is 19.7 Å². The number of morpholine rings is 1. The molecule has 0 amide bonds. The van der Waals surface area contributed by atoms with Gasteiger partial charge in [-0.05, 0) is 24.6 Å². The van der Waals surface area contributed by atoms with Gasteiger partial charge in [-0.2, -0.15) is 4.98 Å². The number of benzene rings is 1. The van der Waals surface area contributed by atoms with Crippen LogP contribution in [0.3, 0.4) is 0 Å². The van der Waals surface area contributed by atoms with Crippen molar-refractivity contribution in [3.05, 3.63) is 47.4 Å². The van der Waals surface area contributed by atoms with Gasteiger partial charge in [-0.3, -0.25) is 4.90 Å². The first-order valence-corrected chi connectivity index (χ1v) is 7.61. The smallest absolute Gasteiger partial charge is 0.243 e. The molecule has 5 nitrogen and oxygen atoms in total. The molecule has 2 heterocycles. The molecule has 2 atom stereocenters. The van der Waals surface area contributed by atoms with E-state index in [-0.39, 0.29) is 18.0 Å². The second-order valence-electron chi connectivity index (χ2n) is 5.48. The van der Waals surface area contributed by atoms with Crippen LogP contribution in [0.15, 0.2) is 28.8 Å². The lowest BCUT2D eigenvalue weighted by atomic mass is 10.1. The summed E-state index contributed by atoms with van der Waals surface area (Å²) in [6, 6.07) is 6.52. The number of nitrogens with zero attached hydrogens (tertiary/aromatic N) is 3. The lowest BCUT2D eigenvalue weighted by Gasteiger charge is -2.35. The van der Waals surface area contributed by atoms with Gasteiger partial charge in [0, 0.05) is 19.5 Å². The molecule has 2 aromatic rings. The van der Waals surface area contributed by atoms with E-state index in [1.807, 2.05) is 6.92 Å². The molecule has 1 aliphatic heterocycles. The summed E-state index contributed by atoms with van der Waals surface area (Å²) >= 11 is 0. The molecular formula is C16H20FN3O2. The number of hydrogen-bond donors (Lipinski definition) is 0. The van der Waals surface area contributed by atoms with Gasteiger partial charge in [0.15, 0.2) is 5.82 Å². The minimum absolute atomic E-state index is 0.0413. The van der Waals surface area contributed by atoms with Crippen molar-refractivity contribution >= 4 is 0 Å². The molecule has 0 bridgehead atoms. The second-order valence-corrected chi connectivity index (χ2v) is 5.48. The fourth-order valence-corrected chi connectivity index (χ4v) is 2.64. The molecule has 22 heavy (non-hydrogen) atoms. The minimum Gasteiger partial charge on any atom is -0.371 e. The Hall–Kier alpha value is -1.79. The molecule has 1 aromatic carbocycles. The molecule has 118 valence electrons. The number of aromatic nitrogens is 2. The third-order valence-electron chi connectivity index (χ3n) is 4.04. The standard InChI is InChI=1S/C16H20FN3O2/c1-3-15-18-16(22-19-15)11(2)20-8-9-21-14(10-20)12-4-6-13(17)7-5-12/h4-7,11,14H,3,8-10H2,1-2H3. The maximum Gasteiger partial charge on any atom is 0.243 e. The van der Waals surface area contributed by atoms with E-state index in [0.717, 1.165) is 30.9 Å². The molecule has 0 aliphatic carbocycles. The highest BCUT2D eigenvalue weighted by molar-refractivity contribution is 5.19. The average molecular weight is 305 g/mol. The van der Waals surface area contributed by atoms with E-state index >= 15 is 0 Å². The summed E-state index contributed by atoms with van der Waals surface area (Å²) in [6.45, 7) is 6.21. The fraction of sp³-hybridized carbons (Fsp3) is 0.500. The Morgan fingerprint density at radius 2 is 2.14 bits per heavy atom. The summed E-state index contributed by atoms with van der Waals surface area (Å²) in [5, 5.41) is 3.95. The first-order chi connectivity index (χ1) is 10.7. The maximum absolute atomic E-state index is 13.0. The fourth-order valence-electron chi connectivity index (χ4n) is 2.64. The van der Waals surface area contributed by atoms with Crippen LogP contribution < -0.4 is 0 Å². The zero-order chi connectivity index (χ0) is 15.5. The van der Waals surface area contributed by atoms with Crippen LogP contribution in [0.2, 0.25) is 0 Å². The van der Waals surface area contributed by atoms with Gasteiger partial charge in [0.25, 0.3) is 0 Å². The van der Waals surface area contributed by atoms with Gasteiger partial charge in [0.2, 0.25) is 5.89 Å². The van der Waals surface area contributed by atoms with Gasteiger partial charge in [-0.15, -0.1) is 0 Å². The highest BCUT2D eigenvalue weighted by Crippen LogP contribution is 2.28. The number of halogens is 1. The Balaban J connectivity index is 1.70. The number of aryl methyl sites for hydroxylation is 1. The molecule has 0 N–H and O–H groups in total. The van der Waals surface area contributed by atoms with Gasteiger partial charge in [-0.1, -0.05) is 24.2 Å². The van der Waals surface area contributed by atoms with E-state index in [2.05, 4.69) is 22.0 Å². The SMILES string of the molecule is CCc1noc(C(C)N2CCOC(c3ccc(F)cc3)C2)n1. The van der Waals surface area contributed by atoms with Gasteiger partial charge >= 0.3 is 0 Å². The van der Waals surface area contributed by atoms with Crippen molar-refractivity contribution < 1.29 is 13.7 Å². The summed E-state index contributed by atoms with van der Waals surface area (Å²) in [5.41, 5.74) is 0.984. The molecule has 1 fully saturated rings. The van der Waals surface area contributed by atoms with Crippen LogP contribution in [-0.2, 0) is 11.2 Å². The Morgan fingerprint density at radius 3 is 2.82 bits per heavy atom. The summed E-state index contributed by atoms with van der Waals surface area (Å²) in [6.07, 6.45) is 0.697. The van der Waals surface area contributed by atoms with Crippen molar-refractivity contribution in [1.82, 2.24) is 15.0 Å². The van der Waals surface area contributed by atoms with Gasteiger partial charge in [-0.25, -0.2) is 4.39 Å². The first-order valence-electron chi connectivity index (χ1n) is 7.61. The molecule has 2 unspecified atom stereocenters. The Labute approximate surface area is 129 Å². The summed E-state index contributed by atoms with van der Waals surface area (Å²) in [4.78, 5) is 6.66. The van der Waals surface area contributed by atoms with E-state index in [0.29, 0.717) is 12.5 Å². The van der Waals surface area contributed by atoms with Crippen LogP contribution in [0.5, 0.6) is 0 Å². The van der Waals surface area contributed by atoms with Gasteiger partial charge in [0.1, 0.15) is 5.82 Å². The zero-order valence-electron chi connectivity index (χ0n) is 12.8. The van der Waals surface area contributed by atoms with E-state index < -0.39 is 0 Å². The van der Waals surface area contributed by atoms with Crippen molar-refractivity contribution in [3.63, 3.8) is 0 Å². The Bertz CT molecular complexity index is 614. The van der Waals surface area contributed by atoms with Crippen LogP contribution >= 0.6 is 0 Å². The molecule has 3 rings (SSSR count). The highest BCUT2D eigenvalue weighted by atomic mass is 19.1. The quantitative estimate of drug-likeness (QED) is 0.869. The van der Waals surface area contributed by atoms with E-state index in [1.165, 1.54) is 12.1 Å². The van der Waals surface area contributed by atoms with Crippen LogP contribution in [0.25, 0.3) is 0 Å². The van der Waals surface area contributed by atoms with Crippen LogP contribution in [0.4, 0.5) is 4.39 Å². The summed E-state index contributed by atoms with van der Waals surface area (Å²) in [5.74, 6) is 1.13. The highest BCUT2D eigenvalue weighted by Gasteiger charge is 2.28. The number of rotatable bonds is 4. The maximum atomic E-state index is 13.0. The van der Waals surface area contributed by atoms with E-state index in [9.17, 15) is 4.39 Å². The van der Waals surface area contributed by atoms with Crippen LogP contribution in [-0.4, -0.2) is 34.7 Å². The molecule has 0 radical (unpaired) electrons. The number of ether oxygens (including phenoxy) is 1. The monoisotopic (exact) mass is 305 g/mol. The molecule has 0 saturated carbocycles. The third-order valence-corrected chi connectivity index (χ3v) is 4.04. The minimum atomic E-state index is -0.234. The van der Waals surface area contributed by atoms with Crippen molar-refractivity contribution in [1.29, 1.82) is 0 Å². The first kappa shape index (κ1) is 15.1. The molecule has 6 heteroatoms. The Kier molecular flexibility index (Phi) is 4.49. The third kappa shape index (κ3) is 3.18. The molecule has 1 aromatic heterocycles. The molecule has 0 spiro atoms. The summed E-state index contributed by atoms with van der Waals surface area (Å²) in [7, 11) is 0. The second kappa shape index (κ2) is 6.54. The lowest BCUT2D eigenvalue weighted by molar-refractivity contribution is -0.0469. The molecule has 1 saturated heterocycles.